The van der Waals surface area contributed by atoms with Gasteiger partial charge in [0.05, 0.1) is 0 Å². The minimum atomic E-state index is -0.655. The highest BCUT2D eigenvalue weighted by Gasteiger charge is 2.16. The predicted octanol–water partition coefficient (Wildman–Crippen LogP) is 1.28. The molecule has 1 aromatic rings. The standard InChI is InChI=1S/C13H18N4O2/c1-5-17(6-2)12-10(9-14)13(18)19-11(15-12)7-8-16(3)4/h7-8H,5-6H2,1-4H3/b8-7+. The molecule has 0 saturated heterocycles. The molecule has 6 heteroatoms. The summed E-state index contributed by atoms with van der Waals surface area (Å²) in [5, 5.41) is 9.05. The Bertz CT molecular complexity index is 551. The van der Waals surface area contributed by atoms with Crippen molar-refractivity contribution in [1.29, 1.82) is 5.26 Å². The van der Waals surface area contributed by atoms with Crippen LogP contribution in [0.3, 0.4) is 0 Å². The summed E-state index contributed by atoms with van der Waals surface area (Å²) in [6.45, 7) is 5.21. The zero-order chi connectivity index (χ0) is 14.4. The van der Waals surface area contributed by atoms with E-state index in [1.807, 2.05) is 38.9 Å². The lowest BCUT2D eigenvalue weighted by atomic mass is 10.3. The lowest BCUT2D eigenvalue weighted by Crippen LogP contribution is -2.27. The topological polar surface area (TPSA) is 73.4 Å². The molecule has 1 rings (SSSR count). The number of aromatic nitrogens is 1. The maximum absolute atomic E-state index is 11.8. The molecule has 0 N–H and O–H groups in total. The van der Waals surface area contributed by atoms with E-state index in [0.29, 0.717) is 18.9 Å². The van der Waals surface area contributed by atoms with Crippen LogP contribution in [0.25, 0.3) is 6.08 Å². The third-order valence-corrected chi connectivity index (χ3v) is 2.53. The van der Waals surface area contributed by atoms with Crippen molar-refractivity contribution in [2.24, 2.45) is 0 Å². The number of nitrogens with zero attached hydrogens (tertiary/aromatic N) is 4. The smallest absolute Gasteiger partial charge is 0.359 e. The summed E-state index contributed by atoms with van der Waals surface area (Å²) >= 11 is 0. The molecule has 1 aromatic heterocycles. The predicted molar refractivity (Wildman–Crippen MR) is 73.8 cm³/mol. The van der Waals surface area contributed by atoms with E-state index in [-0.39, 0.29) is 11.5 Å². The highest BCUT2D eigenvalue weighted by Crippen LogP contribution is 2.15. The zero-order valence-electron chi connectivity index (χ0n) is 11.7. The van der Waals surface area contributed by atoms with E-state index in [0.717, 1.165) is 0 Å². The van der Waals surface area contributed by atoms with Gasteiger partial charge in [0.25, 0.3) is 0 Å². The Morgan fingerprint density at radius 2 is 2.00 bits per heavy atom. The number of hydrogen-bond acceptors (Lipinski definition) is 6. The lowest BCUT2D eigenvalue weighted by Gasteiger charge is -2.20. The summed E-state index contributed by atoms with van der Waals surface area (Å²) in [6, 6.07) is 1.86. The van der Waals surface area contributed by atoms with Crippen LogP contribution in [-0.2, 0) is 0 Å². The largest absolute Gasteiger partial charge is 0.403 e. The van der Waals surface area contributed by atoms with Crippen molar-refractivity contribution < 1.29 is 4.42 Å². The number of anilines is 1. The Balaban J connectivity index is 3.35. The first-order chi connectivity index (χ1) is 9.03. The normalized spacial score (nSPS) is 10.5. The fourth-order valence-electron chi connectivity index (χ4n) is 1.55. The highest BCUT2D eigenvalue weighted by atomic mass is 16.4. The maximum atomic E-state index is 11.8. The van der Waals surface area contributed by atoms with Crippen molar-refractivity contribution >= 4 is 11.9 Å². The third kappa shape index (κ3) is 3.58. The highest BCUT2D eigenvalue weighted by molar-refractivity contribution is 5.54. The van der Waals surface area contributed by atoms with Crippen LogP contribution in [0.15, 0.2) is 15.4 Å². The van der Waals surface area contributed by atoms with Gasteiger partial charge in [-0.15, -0.1) is 0 Å². The summed E-state index contributed by atoms with van der Waals surface area (Å²) in [6.07, 6.45) is 3.32. The minimum Gasteiger partial charge on any atom is -0.403 e. The monoisotopic (exact) mass is 262 g/mol. The van der Waals surface area contributed by atoms with E-state index in [1.165, 1.54) is 0 Å². The van der Waals surface area contributed by atoms with Gasteiger partial charge in [-0.1, -0.05) is 0 Å². The molecule has 0 atom stereocenters. The molecule has 0 saturated carbocycles. The average molecular weight is 262 g/mol. The van der Waals surface area contributed by atoms with Gasteiger partial charge in [-0.2, -0.15) is 10.2 Å². The summed E-state index contributed by atoms with van der Waals surface area (Å²) in [7, 11) is 3.70. The Labute approximate surface area is 112 Å². The molecule has 0 spiro atoms. The van der Waals surface area contributed by atoms with Crippen LogP contribution >= 0.6 is 0 Å². The van der Waals surface area contributed by atoms with E-state index in [1.54, 1.807) is 17.2 Å². The molecule has 0 amide bonds. The summed E-state index contributed by atoms with van der Waals surface area (Å²) in [4.78, 5) is 19.7. The van der Waals surface area contributed by atoms with Crippen molar-refractivity contribution in [2.45, 2.75) is 13.8 Å². The molecule has 0 bridgehead atoms. The minimum absolute atomic E-state index is 0.0503. The van der Waals surface area contributed by atoms with Crippen molar-refractivity contribution in [2.75, 3.05) is 32.1 Å². The summed E-state index contributed by atoms with van der Waals surface area (Å²) in [5.74, 6) is 0.571. The first kappa shape index (κ1) is 14.8. The number of hydrogen-bond donors (Lipinski definition) is 0. The molecule has 19 heavy (non-hydrogen) atoms. The van der Waals surface area contributed by atoms with E-state index in [2.05, 4.69) is 4.98 Å². The van der Waals surface area contributed by atoms with Crippen molar-refractivity contribution in [3.05, 3.63) is 28.1 Å². The van der Waals surface area contributed by atoms with Gasteiger partial charge in [-0.3, -0.25) is 0 Å². The molecular weight excluding hydrogens is 244 g/mol. The SMILES string of the molecule is CCN(CC)c1nc(/C=C/N(C)C)oc(=O)c1C#N. The Hall–Kier alpha value is -2.29. The van der Waals surface area contributed by atoms with Gasteiger partial charge in [0, 0.05) is 39.5 Å². The molecule has 0 unspecified atom stereocenters. The fourth-order valence-corrected chi connectivity index (χ4v) is 1.55. The molecular formula is C13H18N4O2. The zero-order valence-corrected chi connectivity index (χ0v) is 11.7. The molecule has 0 radical (unpaired) electrons. The van der Waals surface area contributed by atoms with Gasteiger partial charge >= 0.3 is 5.63 Å². The second kappa shape index (κ2) is 6.59. The second-order valence-electron chi connectivity index (χ2n) is 4.10. The van der Waals surface area contributed by atoms with Crippen LogP contribution in [0.5, 0.6) is 0 Å². The van der Waals surface area contributed by atoms with Crippen molar-refractivity contribution in [3.63, 3.8) is 0 Å². The number of rotatable bonds is 5. The molecule has 0 aromatic carbocycles. The van der Waals surface area contributed by atoms with Gasteiger partial charge in [0.15, 0.2) is 11.4 Å². The van der Waals surface area contributed by atoms with E-state index in [4.69, 9.17) is 9.68 Å². The third-order valence-electron chi connectivity index (χ3n) is 2.53. The van der Waals surface area contributed by atoms with Gasteiger partial charge in [0.1, 0.15) is 6.07 Å². The summed E-state index contributed by atoms with van der Waals surface area (Å²) in [5.41, 5.74) is -0.705. The van der Waals surface area contributed by atoms with Crippen molar-refractivity contribution in [3.8, 4) is 6.07 Å². The van der Waals surface area contributed by atoms with Gasteiger partial charge in [-0.05, 0) is 13.8 Å². The molecule has 0 aliphatic carbocycles. The van der Waals surface area contributed by atoms with Crippen LogP contribution in [0.1, 0.15) is 25.3 Å². The fraction of sp³-hybridized carbons (Fsp3) is 0.462. The Morgan fingerprint density at radius 1 is 1.37 bits per heavy atom. The van der Waals surface area contributed by atoms with E-state index >= 15 is 0 Å². The maximum Gasteiger partial charge on any atom is 0.359 e. The quantitative estimate of drug-likeness (QED) is 0.796. The first-order valence-electron chi connectivity index (χ1n) is 6.08. The van der Waals surface area contributed by atoms with Crippen LogP contribution in [0.4, 0.5) is 5.82 Å². The molecule has 102 valence electrons. The first-order valence-corrected chi connectivity index (χ1v) is 6.08. The average Bonchev–Trinajstić information content (AvgIpc) is 2.37. The molecule has 0 aliphatic rings. The van der Waals surface area contributed by atoms with Gasteiger partial charge in [-0.25, -0.2) is 4.79 Å². The summed E-state index contributed by atoms with van der Waals surface area (Å²) < 4.78 is 5.00. The lowest BCUT2D eigenvalue weighted by molar-refractivity contribution is 0.474. The van der Waals surface area contributed by atoms with Crippen LogP contribution in [-0.4, -0.2) is 37.1 Å². The van der Waals surface area contributed by atoms with Crippen LogP contribution in [0, 0.1) is 11.3 Å². The van der Waals surface area contributed by atoms with Crippen molar-refractivity contribution in [1.82, 2.24) is 9.88 Å². The number of nitriles is 1. The van der Waals surface area contributed by atoms with E-state index < -0.39 is 5.63 Å². The van der Waals surface area contributed by atoms with Gasteiger partial charge < -0.3 is 14.2 Å². The van der Waals surface area contributed by atoms with Crippen LogP contribution < -0.4 is 10.5 Å². The molecule has 6 nitrogen and oxygen atoms in total. The van der Waals surface area contributed by atoms with Crippen LogP contribution in [0.2, 0.25) is 0 Å². The molecule has 1 heterocycles. The second-order valence-corrected chi connectivity index (χ2v) is 4.10. The van der Waals surface area contributed by atoms with E-state index in [9.17, 15) is 4.79 Å². The Kier molecular flexibility index (Phi) is 5.12. The molecule has 0 fully saturated rings. The molecule has 0 aliphatic heterocycles. The van der Waals surface area contributed by atoms with Gasteiger partial charge in [0.2, 0.25) is 5.89 Å². The Morgan fingerprint density at radius 3 is 2.47 bits per heavy atom.